The molecular weight excluding hydrogens is 262 g/mol. The number of para-hydroxylation sites is 1. The van der Waals surface area contributed by atoms with Gasteiger partial charge in [-0.05, 0) is 30.7 Å². The molecule has 100 valence electrons. The van der Waals surface area contributed by atoms with E-state index in [1.807, 2.05) is 19.1 Å². The molecule has 5 nitrogen and oxygen atoms in total. The number of aryl methyl sites for hydroxylation is 1. The average Bonchev–Trinajstić information content (AvgIpc) is 2.41. The van der Waals surface area contributed by atoms with Gasteiger partial charge in [-0.2, -0.15) is 0 Å². The van der Waals surface area contributed by atoms with Crippen molar-refractivity contribution in [2.75, 3.05) is 4.72 Å². The summed E-state index contributed by atoms with van der Waals surface area (Å²) in [5, 5.41) is 0. The van der Waals surface area contributed by atoms with E-state index < -0.39 is 10.0 Å². The molecule has 0 aliphatic rings. The van der Waals surface area contributed by atoms with E-state index in [1.54, 1.807) is 18.2 Å². The summed E-state index contributed by atoms with van der Waals surface area (Å²) in [4.78, 5) is 4.10. The van der Waals surface area contributed by atoms with Gasteiger partial charge in [0.2, 0.25) is 0 Å². The number of hydrogen-bond acceptors (Lipinski definition) is 4. The highest BCUT2D eigenvalue weighted by Crippen LogP contribution is 2.18. The van der Waals surface area contributed by atoms with E-state index in [0.29, 0.717) is 11.4 Å². The first-order valence-electron chi connectivity index (χ1n) is 5.76. The molecule has 0 saturated heterocycles. The first kappa shape index (κ1) is 13.5. The van der Waals surface area contributed by atoms with Crippen LogP contribution in [-0.2, 0) is 16.6 Å². The Balaban J connectivity index is 2.30. The van der Waals surface area contributed by atoms with E-state index in [-0.39, 0.29) is 11.4 Å². The second-order valence-corrected chi connectivity index (χ2v) is 5.79. The summed E-state index contributed by atoms with van der Waals surface area (Å²) >= 11 is 0. The van der Waals surface area contributed by atoms with Crippen molar-refractivity contribution in [1.29, 1.82) is 0 Å². The quantitative estimate of drug-likeness (QED) is 0.889. The Morgan fingerprint density at radius 3 is 2.53 bits per heavy atom. The van der Waals surface area contributed by atoms with Crippen molar-refractivity contribution in [3.05, 3.63) is 53.9 Å². The number of benzene rings is 1. The number of nitrogens with one attached hydrogen (secondary N) is 1. The van der Waals surface area contributed by atoms with Crippen molar-refractivity contribution < 1.29 is 8.42 Å². The van der Waals surface area contributed by atoms with Crippen molar-refractivity contribution in [2.45, 2.75) is 18.4 Å². The first-order chi connectivity index (χ1) is 9.03. The van der Waals surface area contributed by atoms with Crippen LogP contribution in [0.4, 0.5) is 5.69 Å². The lowest BCUT2D eigenvalue weighted by Crippen LogP contribution is -2.14. The fourth-order valence-electron chi connectivity index (χ4n) is 1.58. The van der Waals surface area contributed by atoms with Gasteiger partial charge in [-0.25, -0.2) is 8.42 Å². The Bertz CT molecular complexity index is 667. The molecule has 0 fully saturated rings. The van der Waals surface area contributed by atoms with Crippen LogP contribution in [0.5, 0.6) is 0 Å². The molecule has 0 spiro atoms. The van der Waals surface area contributed by atoms with E-state index in [2.05, 4.69) is 9.71 Å². The van der Waals surface area contributed by atoms with Crippen LogP contribution >= 0.6 is 0 Å². The maximum atomic E-state index is 12.2. The third kappa shape index (κ3) is 3.10. The van der Waals surface area contributed by atoms with Gasteiger partial charge in [0, 0.05) is 12.7 Å². The fraction of sp³-hybridized carbons (Fsp3) is 0.154. The number of nitrogens with zero attached hydrogens (tertiary/aromatic N) is 1. The zero-order chi connectivity index (χ0) is 13.9. The second kappa shape index (κ2) is 5.38. The van der Waals surface area contributed by atoms with Gasteiger partial charge in [-0.3, -0.25) is 9.71 Å². The van der Waals surface area contributed by atoms with Gasteiger partial charge >= 0.3 is 0 Å². The number of hydrogen-bond donors (Lipinski definition) is 2. The molecule has 1 aromatic heterocycles. The molecule has 0 saturated carbocycles. The van der Waals surface area contributed by atoms with Crippen LogP contribution in [0.2, 0.25) is 0 Å². The van der Waals surface area contributed by atoms with E-state index in [0.717, 1.165) is 5.56 Å². The van der Waals surface area contributed by atoms with Gasteiger partial charge < -0.3 is 5.73 Å². The van der Waals surface area contributed by atoms with E-state index in [1.165, 1.54) is 12.3 Å². The topological polar surface area (TPSA) is 85.1 Å². The maximum Gasteiger partial charge on any atom is 0.263 e. The summed E-state index contributed by atoms with van der Waals surface area (Å²) in [6, 6.07) is 10.3. The summed E-state index contributed by atoms with van der Waals surface area (Å²) < 4.78 is 26.9. The molecule has 0 aliphatic heterocycles. The molecule has 19 heavy (non-hydrogen) atoms. The van der Waals surface area contributed by atoms with Gasteiger partial charge in [0.25, 0.3) is 10.0 Å². The summed E-state index contributed by atoms with van der Waals surface area (Å²) in [5.41, 5.74) is 7.49. The first-order valence-corrected chi connectivity index (χ1v) is 7.25. The summed E-state index contributed by atoms with van der Waals surface area (Å²) in [5.74, 6) is 0. The molecule has 1 heterocycles. The number of anilines is 1. The van der Waals surface area contributed by atoms with Crippen LogP contribution < -0.4 is 10.5 Å². The monoisotopic (exact) mass is 277 g/mol. The smallest absolute Gasteiger partial charge is 0.263 e. The fourth-order valence-corrected chi connectivity index (χ4v) is 2.66. The molecule has 0 amide bonds. The van der Waals surface area contributed by atoms with Gasteiger partial charge in [0.05, 0.1) is 11.4 Å². The predicted molar refractivity (Wildman–Crippen MR) is 74.1 cm³/mol. The third-order valence-corrected chi connectivity index (χ3v) is 4.06. The maximum absolute atomic E-state index is 12.2. The van der Waals surface area contributed by atoms with Crippen molar-refractivity contribution in [2.24, 2.45) is 5.73 Å². The van der Waals surface area contributed by atoms with Crippen LogP contribution in [0.25, 0.3) is 0 Å². The van der Waals surface area contributed by atoms with Crippen molar-refractivity contribution in [1.82, 2.24) is 4.98 Å². The molecule has 0 atom stereocenters. The normalized spacial score (nSPS) is 11.3. The minimum absolute atomic E-state index is 0.118. The molecule has 2 aromatic rings. The molecule has 0 aliphatic carbocycles. The summed E-state index contributed by atoms with van der Waals surface area (Å²) in [7, 11) is -3.61. The largest absolute Gasteiger partial charge is 0.325 e. The summed E-state index contributed by atoms with van der Waals surface area (Å²) in [6.45, 7) is 2.12. The minimum atomic E-state index is -3.61. The zero-order valence-electron chi connectivity index (χ0n) is 10.5. The Kier molecular flexibility index (Phi) is 3.82. The molecule has 6 heteroatoms. The molecule has 2 rings (SSSR count). The number of rotatable bonds is 4. The Hall–Kier alpha value is -1.92. The zero-order valence-corrected chi connectivity index (χ0v) is 11.3. The Labute approximate surface area is 112 Å². The van der Waals surface area contributed by atoms with Crippen molar-refractivity contribution >= 4 is 15.7 Å². The van der Waals surface area contributed by atoms with Crippen molar-refractivity contribution in [3.63, 3.8) is 0 Å². The molecule has 3 N–H and O–H groups in total. The Morgan fingerprint density at radius 2 is 1.95 bits per heavy atom. The van der Waals surface area contributed by atoms with Gasteiger partial charge in [0.15, 0.2) is 0 Å². The highest BCUT2D eigenvalue weighted by Gasteiger charge is 2.15. The van der Waals surface area contributed by atoms with E-state index in [9.17, 15) is 8.42 Å². The number of nitrogens with two attached hydrogens (primary N) is 1. The molecule has 1 aromatic carbocycles. The molecule has 0 radical (unpaired) electrons. The lowest BCUT2D eigenvalue weighted by molar-refractivity contribution is 0.600. The van der Waals surface area contributed by atoms with Crippen LogP contribution in [0, 0.1) is 6.92 Å². The Morgan fingerprint density at radius 1 is 1.21 bits per heavy atom. The highest BCUT2D eigenvalue weighted by molar-refractivity contribution is 7.92. The van der Waals surface area contributed by atoms with E-state index >= 15 is 0 Å². The van der Waals surface area contributed by atoms with Gasteiger partial charge in [-0.1, -0.05) is 18.2 Å². The SMILES string of the molecule is Cc1ccccc1NS(=O)(=O)c1ccc(CN)nc1. The number of aromatic nitrogens is 1. The lowest BCUT2D eigenvalue weighted by Gasteiger charge is -2.10. The van der Waals surface area contributed by atoms with Gasteiger partial charge in [0.1, 0.15) is 4.90 Å². The standard InChI is InChI=1S/C13H15N3O2S/c1-10-4-2-3-5-13(10)16-19(17,18)12-7-6-11(8-14)15-9-12/h2-7,9,16H,8,14H2,1H3. The highest BCUT2D eigenvalue weighted by atomic mass is 32.2. The number of sulfonamides is 1. The average molecular weight is 277 g/mol. The van der Waals surface area contributed by atoms with Crippen LogP contribution in [0.3, 0.4) is 0 Å². The third-order valence-electron chi connectivity index (χ3n) is 2.71. The van der Waals surface area contributed by atoms with Crippen LogP contribution in [0.15, 0.2) is 47.5 Å². The second-order valence-electron chi connectivity index (χ2n) is 4.11. The van der Waals surface area contributed by atoms with Gasteiger partial charge in [-0.15, -0.1) is 0 Å². The lowest BCUT2D eigenvalue weighted by atomic mass is 10.2. The molecular formula is C13H15N3O2S. The molecule has 0 bridgehead atoms. The number of pyridine rings is 1. The van der Waals surface area contributed by atoms with Crippen molar-refractivity contribution in [3.8, 4) is 0 Å². The van der Waals surface area contributed by atoms with E-state index in [4.69, 9.17) is 5.73 Å². The predicted octanol–water partition coefficient (Wildman–Crippen LogP) is 1.65. The summed E-state index contributed by atoms with van der Waals surface area (Å²) in [6.07, 6.45) is 1.31. The molecule has 0 unspecified atom stereocenters. The minimum Gasteiger partial charge on any atom is -0.325 e. The van der Waals surface area contributed by atoms with Crippen LogP contribution in [0.1, 0.15) is 11.3 Å². The van der Waals surface area contributed by atoms with Crippen LogP contribution in [-0.4, -0.2) is 13.4 Å².